The van der Waals surface area contributed by atoms with E-state index in [1.165, 1.54) is 11.8 Å². The van der Waals surface area contributed by atoms with Crippen molar-refractivity contribution in [2.75, 3.05) is 24.5 Å². The molecule has 1 atom stereocenters. The zero-order valence-electron chi connectivity index (χ0n) is 12.9. The first kappa shape index (κ1) is 14.8. The lowest BCUT2D eigenvalue weighted by Gasteiger charge is -2.19. The lowest BCUT2D eigenvalue weighted by molar-refractivity contribution is 0.548. The molecule has 0 radical (unpaired) electrons. The summed E-state index contributed by atoms with van der Waals surface area (Å²) in [5, 5.41) is 3.57. The monoisotopic (exact) mass is 298 g/mol. The van der Waals surface area contributed by atoms with E-state index in [0.29, 0.717) is 6.04 Å². The number of benzene rings is 1. The summed E-state index contributed by atoms with van der Waals surface area (Å²) in [6.45, 7) is 4.80. The Morgan fingerprint density at radius 1 is 1.36 bits per heavy atom. The lowest BCUT2D eigenvalue weighted by atomic mass is 10.2. The fourth-order valence-corrected chi connectivity index (χ4v) is 2.95. The Labute approximate surface area is 130 Å². The van der Waals surface area contributed by atoms with Crippen LogP contribution >= 0.6 is 0 Å². The van der Waals surface area contributed by atoms with Gasteiger partial charge in [-0.2, -0.15) is 0 Å². The van der Waals surface area contributed by atoms with Crippen LogP contribution in [0.25, 0.3) is 0 Å². The first-order valence-corrected chi connectivity index (χ1v) is 7.81. The molecule has 0 spiro atoms. The van der Waals surface area contributed by atoms with Crippen LogP contribution in [0.1, 0.15) is 17.9 Å². The molecule has 5 heteroatoms. The third kappa shape index (κ3) is 3.74. The van der Waals surface area contributed by atoms with Crippen LogP contribution in [0.2, 0.25) is 0 Å². The summed E-state index contributed by atoms with van der Waals surface area (Å²) < 4.78 is 0. The number of aryl methyl sites for hydroxylation is 1. The highest BCUT2D eigenvalue weighted by Crippen LogP contribution is 2.19. The summed E-state index contributed by atoms with van der Waals surface area (Å²) in [5.41, 5.74) is 1.99. The average Bonchev–Trinajstić information content (AvgIpc) is 2.96. The highest BCUT2D eigenvalue weighted by atomic mass is 16.1. The minimum absolute atomic E-state index is 0.0707. The SMILES string of the molecule is Cc1cc(=O)[nH]c(CCN[C@H]2CCN(c3ccccc3)C2)n1. The van der Waals surface area contributed by atoms with E-state index in [4.69, 9.17) is 0 Å². The number of anilines is 1. The molecule has 2 heterocycles. The summed E-state index contributed by atoms with van der Waals surface area (Å²) in [6, 6.07) is 12.5. The van der Waals surface area contributed by atoms with Crippen LogP contribution in [0.5, 0.6) is 0 Å². The Bertz CT molecular complexity index is 668. The number of nitrogens with zero attached hydrogens (tertiary/aromatic N) is 2. The average molecular weight is 298 g/mol. The van der Waals surface area contributed by atoms with Crippen LogP contribution in [0.4, 0.5) is 5.69 Å². The van der Waals surface area contributed by atoms with E-state index in [-0.39, 0.29) is 5.56 Å². The summed E-state index contributed by atoms with van der Waals surface area (Å²) in [6.07, 6.45) is 1.89. The molecule has 1 fully saturated rings. The smallest absolute Gasteiger partial charge is 0.251 e. The minimum atomic E-state index is -0.0707. The molecule has 22 heavy (non-hydrogen) atoms. The largest absolute Gasteiger partial charge is 0.370 e. The minimum Gasteiger partial charge on any atom is -0.370 e. The van der Waals surface area contributed by atoms with E-state index in [0.717, 1.165) is 44.0 Å². The van der Waals surface area contributed by atoms with Gasteiger partial charge in [0.25, 0.3) is 5.56 Å². The molecular weight excluding hydrogens is 276 g/mol. The predicted octanol–water partition coefficient (Wildman–Crippen LogP) is 1.49. The molecule has 0 bridgehead atoms. The quantitative estimate of drug-likeness (QED) is 0.878. The number of hydrogen-bond donors (Lipinski definition) is 2. The Morgan fingerprint density at radius 2 is 2.18 bits per heavy atom. The van der Waals surface area contributed by atoms with Crippen LogP contribution in [0.3, 0.4) is 0 Å². The van der Waals surface area contributed by atoms with Gasteiger partial charge >= 0.3 is 0 Å². The van der Waals surface area contributed by atoms with E-state index in [2.05, 4.69) is 44.5 Å². The summed E-state index contributed by atoms with van der Waals surface area (Å²) in [5.74, 6) is 0.760. The van der Waals surface area contributed by atoms with Crippen LogP contribution in [-0.4, -0.2) is 35.6 Å². The zero-order valence-corrected chi connectivity index (χ0v) is 12.9. The third-order valence-corrected chi connectivity index (χ3v) is 4.02. The highest BCUT2D eigenvalue weighted by Gasteiger charge is 2.21. The molecule has 1 aromatic heterocycles. The van der Waals surface area contributed by atoms with Gasteiger partial charge in [0.2, 0.25) is 0 Å². The Hall–Kier alpha value is -2.14. The molecule has 0 unspecified atom stereocenters. The zero-order chi connectivity index (χ0) is 15.4. The maximum absolute atomic E-state index is 11.4. The first-order valence-electron chi connectivity index (χ1n) is 7.81. The van der Waals surface area contributed by atoms with Gasteiger partial charge in [0.05, 0.1) is 0 Å². The summed E-state index contributed by atoms with van der Waals surface area (Å²) in [4.78, 5) is 21.0. The topological polar surface area (TPSA) is 61.0 Å². The number of aromatic amines is 1. The Kier molecular flexibility index (Phi) is 4.53. The van der Waals surface area contributed by atoms with Crippen LogP contribution < -0.4 is 15.8 Å². The second kappa shape index (κ2) is 6.75. The van der Waals surface area contributed by atoms with E-state index < -0.39 is 0 Å². The van der Waals surface area contributed by atoms with E-state index >= 15 is 0 Å². The van der Waals surface area contributed by atoms with E-state index in [1.54, 1.807) is 0 Å². The van der Waals surface area contributed by atoms with Crippen LogP contribution in [0, 0.1) is 6.92 Å². The van der Waals surface area contributed by atoms with Gasteiger partial charge in [-0.1, -0.05) is 18.2 Å². The number of para-hydroxylation sites is 1. The van der Waals surface area contributed by atoms with Gasteiger partial charge in [-0.05, 0) is 25.5 Å². The maximum atomic E-state index is 11.4. The second-order valence-corrected chi connectivity index (χ2v) is 5.80. The Morgan fingerprint density at radius 3 is 2.95 bits per heavy atom. The molecule has 1 aliphatic rings. The Balaban J connectivity index is 1.48. The van der Waals surface area contributed by atoms with Gasteiger partial charge < -0.3 is 15.2 Å². The van der Waals surface area contributed by atoms with Gasteiger partial charge in [-0.3, -0.25) is 4.79 Å². The first-order chi connectivity index (χ1) is 10.7. The van der Waals surface area contributed by atoms with Crippen molar-refractivity contribution in [3.8, 4) is 0 Å². The van der Waals surface area contributed by atoms with Crippen molar-refractivity contribution < 1.29 is 0 Å². The van der Waals surface area contributed by atoms with Gasteiger partial charge in [-0.25, -0.2) is 4.98 Å². The fourth-order valence-electron chi connectivity index (χ4n) is 2.95. The van der Waals surface area contributed by atoms with Crippen molar-refractivity contribution in [2.45, 2.75) is 25.8 Å². The van der Waals surface area contributed by atoms with Crippen molar-refractivity contribution in [3.05, 3.63) is 58.3 Å². The fraction of sp³-hybridized carbons (Fsp3) is 0.412. The van der Waals surface area contributed by atoms with Crippen molar-refractivity contribution in [2.24, 2.45) is 0 Å². The number of rotatable bonds is 5. The molecule has 3 rings (SSSR count). The molecule has 5 nitrogen and oxygen atoms in total. The number of hydrogen-bond acceptors (Lipinski definition) is 4. The van der Waals surface area contributed by atoms with E-state index in [1.807, 2.05) is 13.0 Å². The predicted molar refractivity (Wildman–Crippen MR) is 88.4 cm³/mol. The summed E-state index contributed by atoms with van der Waals surface area (Å²) in [7, 11) is 0. The number of H-pyrrole nitrogens is 1. The standard InChI is InChI=1S/C17H22N4O/c1-13-11-17(22)20-16(19-13)7-9-18-14-8-10-21(12-14)15-5-3-2-4-6-15/h2-6,11,14,18H,7-10,12H2,1H3,(H,19,20,22)/t14-/m0/s1. The highest BCUT2D eigenvalue weighted by molar-refractivity contribution is 5.47. The van der Waals surface area contributed by atoms with E-state index in [9.17, 15) is 4.79 Å². The molecular formula is C17H22N4O. The molecule has 0 saturated carbocycles. The van der Waals surface area contributed by atoms with Gasteiger partial charge in [0, 0.05) is 49.5 Å². The van der Waals surface area contributed by atoms with Crippen molar-refractivity contribution >= 4 is 5.69 Å². The molecule has 0 aliphatic carbocycles. The van der Waals surface area contributed by atoms with Gasteiger partial charge in [0.1, 0.15) is 5.82 Å². The molecule has 2 aromatic rings. The number of aromatic nitrogens is 2. The van der Waals surface area contributed by atoms with Crippen molar-refractivity contribution in [1.29, 1.82) is 0 Å². The van der Waals surface area contributed by atoms with Crippen molar-refractivity contribution in [3.63, 3.8) is 0 Å². The molecule has 1 aromatic carbocycles. The molecule has 0 amide bonds. The molecule has 1 saturated heterocycles. The van der Waals surface area contributed by atoms with Crippen molar-refractivity contribution in [1.82, 2.24) is 15.3 Å². The second-order valence-electron chi connectivity index (χ2n) is 5.80. The van der Waals surface area contributed by atoms with Crippen LogP contribution in [-0.2, 0) is 6.42 Å². The molecule has 2 N–H and O–H groups in total. The normalized spacial score (nSPS) is 17.9. The lowest BCUT2D eigenvalue weighted by Crippen LogP contribution is -2.34. The molecule has 116 valence electrons. The maximum Gasteiger partial charge on any atom is 0.251 e. The number of nitrogens with one attached hydrogen (secondary N) is 2. The van der Waals surface area contributed by atoms with Gasteiger partial charge in [-0.15, -0.1) is 0 Å². The third-order valence-electron chi connectivity index (χ3n) is 4.02. The molecule has 1 aliphatic heterocycles. The van der Waals surface area contributed by atoms with Crippen LogP contribution in [0.15, 0.2) is 41.2 Å². The summed E-state index contributed by atoms with van der Waals surface area (Å²) >= 11 is 0. The van der Waals surface area contributed by atoms with Gasteiger partial charge in [0.15, 0.2) is 0 Å².